The number of fused-ring (bicyclic) bond motifs is 1. The molecule has 0 aromatic heterocycles. The fourth-order valence-electron chi connectivity index (χ4n) is 4.84. The van der Waals surface area contributed by atoms with Crippen LogP contribution in [0.5, 0.6) is 5.75 Å². The van der Waals surface area contributed by atoms with Crippen LogP contribution in [-0.4, -0.2) is 5.11 Å². The van der Waals surface area contributed by atoms with E-state index in [9.17, 15) is 5.11 Å². The molecule has 0 amide bonds. The third-order valence-corrected chi connectivity index (χ3v) is 6.43. The van der Waals surface area contributed by atoms with Gasteiger partial charge in [-0.05, 0) is 85.8 Å². The minimum Gasteiger partial charge on any atom is -0.507 e. The summed E-state index contributed by atoms with van der Waals surface area (Å²) in [6.45, 7) is 6.38. The van der Waals surface area contributed by atoms with Gasteiger partial charge < -0.3 is 5.11 Å². The van der Waals surface area contributed by atoms with Crippen molar-refractivity contribution in [2.75, 3.05) is 0 Å². The molecular weight excluding hydrogens is 316 g/mol. The van der Waals surface area contributed by atoms with Crippen LogP contribution in [0.3, 0.4) is 0 Å². The van der Waals surface area contributed by atoms with E-state index in [0.29, 0.717) is 17.6 Å². The van der Waals surface area contributed by atoms with Crippen LogP contribution in [-0.2, 0) is 0 Å². The van der Waals surface area contributed by atoms with Crippen molar-refractivity contribution >= 4 is 10.8 Å². The van der Waals surface area contributed by atoms with E-state index >= 15 is 0 Å². The number of phenolic OH excluding ortho intramolecular Hbond substituents is 1. The predicted octanol–water partition coefficient (Wildman–Crippen LogP) is 6.91. The van der Waals surface area contributed by atoms with Crippen LogP contribution in [0.4, 0.5) is 0 Å². The molecule has 4 rings (SSSR count). The van der Waals surface area contributed by atoms with Crippen molar-refractivity contribution in [3.63, 3.8) is 0 Å². The van der Waals surface area contributed by atoms with Crippen LogP contribution in [0.15, 0.2) is 48.5 Å². The first-order chi connectivity index (χ1) is 12.6. The molecule has 0 saturated heterocycles. The van der Waals surface area contributed by atoms with Gasteiger partial charge in [0.25, 0.3) is 0 Å². The molecule has 3 aromatic carbocycles. The molecule has 1 aliphatic rings. The second kappa shape index (κ2) is 6.79. The summed E-state index contributed by atoms with van der Waals surface area (Å²) in [6.07, 6.45) is 4.73. The van der Waals surface area contributed by atoms with Gasteiger partial charge >= 0.3 is 0 Å². The molecule has 0 bridgehead atoms. The van der Waals surface area contributed by atoms with Crippen LogP contribution in [0.2, 0.25) is 0 Å². The van der Waals surface area contributed by atoms with E-state index in [1.54, 1.807) is 0 Å². The Morgan fingerprint density at radius 3 is 1.85 bits per heavy atom. The number of phenols is 1. The Labute approximate surface area is 156 Å². The number of rotatable bonds is 2. The highest BCUT2D eigenvalue weighted by molar-refractivity contribution is 5.92. The lowest BCUT2D eigenvalue weighted by molar-refractivity contribution is 0.380. The monoisotopic (exact) mass is 344 g/mol. The molecule has 0 atom stereocenters. The largest absolute Gasteiger partial charge is 0.507 e. The fraction of sp³-hybridized carbons (Fsp3) is 0.360. The highest BCUT2D eigenvalue weighted by Gasteiger charge is 2.27. The number of benzene rings is 3. The molecule has 1 saturated carbocycles. The van der Waals surface area contributed by atoms with E-state index in [2.05, 4.69) is 69.3 Å². The number of aromatic hydroxyl groups is 1. The van der Waals surface area contributed by atoms with Gasteiger partial charge in [-0.25, -0.2) is 0 Å². The van der Waals surface area contributed by atoms with Gasteiger partial charge in [-0.3, -0.25) is 0 Å². The van der Waals surface area contributed by atoms with E-state index in [-0.39, 0.29) is 0 Å². The van der Waals surface area contributed by atoms with Crippen LogP contribution in [0.1, 0.15) is 65.3 Å². The second-order valence-electron chi connectivity index (χ2n) is 8.02. The molecule has 0 radical (unpaired) electrons. The van der Waals surface area contributed by atoms with Crippen molar-refractivity contribution in [3.8, 4) is 5.75 Å². The molecule has 1 heteroatoms. The van der Waals surface area contributed by atoms with Crippen molar-refractivity contribution in [2.24, 2.45) is 0 Å². The van der Waals surface area contributed by atoms with E-state index in [1.807, 2.05) is 0 Å². The smallest absolute Gasteiger partial charge is 0.122 e. The molecule has 1 N–H and O–H groups in total. The Kier molecular flexibility index (Phi) is 4.48. The Bertz CT molecular complexity index is 929. The number of hydrogen-bond donors (Lipinski definition) is 1. The van der Waals surface area contributed by atoms with Gasteiger partial charge in [0.05, 0.1) is 0 Å². The van der Waals surface area contributed by atoms with Gasteiger partial charge in [-0.2, -0.15) is 0 Å². The average Bonchev–Trinajstić information content (AvgIpc) is 2.68. The summed E-state index contributed by atoms with van der Waals surface area (Å²) in [7, 11) is 0. The zero-order chi connectivity index (χ0) is 18.3. The van der Waals surface area contributed by atoms with Crippen molar-refractivity contribution in [3.05, 3.63) is 76.3 Å². The average molecular weight is 344 g/mol. The molecule has 0 heterocycles. The van der Waals surface area contributed by atoms with Crippen molar-refractivity contribution in [1.29, 1.82) is 0 Å². The minimum atomic E-state index is 0.472. The van der Waals surface area contributed by atoms with Crippen LogP contribution in [0, 0.1) is 20.8 Å². The first-order valence-corrected chi connectivity index (χ1v) is 9.83. The molecule has 0 aliphatic heterocycles. The van der Waals surface area contributed by atoms with Crippen molar-refractivity contribution in [2.45, 2.75) is 58.3 Å². The summed E-state index contributed by atoms with van der Waals surface area (Å²) in [5.41, 5.74) is 6.30. The standard InChI is InChI=1S/C25H28O/c1-16-8-10-19(11-9-16)20-12-14-21(15-13-20)24-17(2)22-6-4-5-7-23(22)18(3)25(24)26/h4-11,20-21,26H,12-15H2,1-3H3. The van der Waals surface area contributed by atoms with Gasteiger partial charge in [0.2, 0.25) is 0 Å². The maximum atomic E-state index is 10.9. The van der Waals surface area contributed by atoms with Crippen molar-refractivity contribution in [1.82, 2.24) is 0 Å². The zero-order valence-electron chi connectivity index (χ0n) is 16.0. The molecular formula is C25H28O. The summed E-state index contributed by atoms with van der Waals surface area (Å²) in [5.74, 6) is 1.66. The lowest BCUT2D eigenvalue weighted by Gasteiger charge is -2.31. The molecule has 0 unspecified atom stereocenters. The topological polar surface area (TPSA) is 20.2 Å². The number of aryl methyl sites for hydroxylation is 3. The van der Waals surface area contributed by atoms with Gasteiger partial charge in [-0.15, -0.1) is 0 Å². The Hall–Kier alpha value is -2.28. The maximum absolute atomic E-state index is 10.9. The van der Waals surface area contributed by atoms with E-state index in [0.717, 1.165) is 18.4 Å². The summed E-state index contributed by atoms with van der Waals surface area (Å²) < 4.78 is 0. The lowest BCUT2D eigenvalue weighted by Crippen LogP contribution is -2.13. The third kappa shape index (κ3) is 2.90. The normalized spacial score (nSPS) is 20.4. The molecule has 134 valence electrons. The van der Waals surface area contributed by atoms with E-state index in [1.165, 1.54) is 45.9 Å². The maximum Gasteiger partial charge on any atom is 0.122 e. The quantitative estimate of drug-likeness (QED) is 0.535. The molecule has 1 aliphatic carbocycles. The van der Waals surface area contributed by atoms with Gasteiger partial charge in [0.15, 0.2) is 0 Å². The van der Waals surface area contributed by atoms with E-state index < -0.39 is 0 Å². The number of hydrogen-bond acceptors (Lipinski definition) is 1. The summed E-state index contributed by atoms with van der Waals surface area (Å²) >= 11 is 0. The molecule has 26 heavy (non-hydrogen) atoms. The molecule has 1 nitrogen and oxygen atoms in total. The summed E-state index contributed by atoms with van der Waals surface area (Å²) in [4.78, 5) is 0. The van der Waals surface area contributed by atoms with Crippen LogP contribution >= 0.6 is 0 Å². The highest BCUT2D eigenvalue weighted by Crippen LogP contribution is 2.46. The fourth-order valence-corrected chi connectivity index (χ4v) is 4.84. The lowest BCUT2D eigenvalue weighted by atomic mass is 9.74. The SMILES string of the molecule is Cc1ccc(C2CCC(c3c(O)c(C)c4ccccc4c3C)CC2)cc1. The molecule has 0 spiro atoms. The van der Waals surface area contributed by atoms with E-state index in [4.69, 9.17) is 0 Å². The van der Waals surface area contributed by atoms with Gasteiger partial charge in [0, 0.05) is 5.56 Å². The van der Waals surface area contributed by atoms with Crippen LogP contribution < -0.4 is 0 Å². The summed E-state index contributed by atoms with van der Waals surface area (Å²) in [6, 6.07) is 17.5. The zero-order valence-corrected chi connectivity index (χ0v) is 16.0. The molecule has 3 aromatic rings. The Morgan fingerprint density at radius 2 is 1.23 bits per heavy atom. The Morgan fingerprint density at radius 1 is 0.692 bits per heavy atom. The van der Waals surface area contributed by atoms with Gasteiger partial charge in [0.1, 0.15) is 5.75 Å². The summed E-state index contributed by atoms with van der Waals surface area (Å²) in [5, 5.41) is 13.4. The first kappa shape index (κ1) is 17.1. The minimum absolute atomic E-state index is 0.472. The Balaban J connectivity index is 1.63. The van der Waals surface area contributed by atoms with Crippen molar-refractivity contribution < 1.29 is 5.11 Å². The van der Waals surface area contributed by atoms with Crippen LogP contribution in [0.25, 0.3) is 10.8 Å². The molecule has 1 fully saturated rings. The first-order valence-electron chi connectivity index (χ1n) is 9.83. The second-order valence-corrected chi connectivity index (χ2v) is 8.02. The predicted molar refractivity (Wildman–Crippen MR) is 110 cm³/mol. The van der Waals surface area contributed by atoms with Gasteiger partial charge in [-0.1, -0.05) is 54.1 Å². The third-order valence-electron chi connectivity index (χ3n) is 6.43. The highest BCUT2D eigenvalue weighted by atomic mass is 16.3.